The van der Waals surface area contributed by atoms with Crippen molar-refractivity contribution in [3.63, 3.8) is 0 Å². The first-order chi connectivity index (χ1) is 16.7. The monoisotopic (exact) mass is 472 g/mol. The number of ketones is 1. The molecule has 1 saturated carbocycles. The lowest BCUT2D eigenvalue weighted by Crippen LogP contribution is -2.13. The molecule has 0 bridgehead atoms. The highest BCUT2D eigenvalue weighted by molar-refractivity contribution is 7.22. The molecule has 1 fully saturated rings. The van der Waals surface area contributed by atoms with Gasteiger partial charge in [-0.1, -0.05) is 13.0 Å². The number of hydrogen-bond donors (Lipinski definition) is 1. The van der Waals surface area contributed by atoms with Crippen LogP contribution >= 0.6 is 11.3 Å². The molecule has 5 rings (SSSR count). The zero-order valence-corrected chi connectivity index (χ0v) is 20.1. The molecule has 0 amide bonds. The van der Waals surface area contributed by atoms with Crippen LogP contribution in [0.4, 0.5) is 0 Å². The van der Waals surface area contributed by atoms with Gasteiger partial charge in [0.2, 0.25) is 0 Å². The maximum absolute atomic E-state index is 12.1. The van der Waals surface area contributed by atoms with Crippen molar-refractivity contribution in [2.24, 2.45) is 5.92 Å². The van der Waals surface area contributed by atoms with Gasteiger partial charge >= 0.3 is 0 Å². The molecule has 174 valence electrons. The van der Waals surface area contributed by atoms with Gasteiger partial charge in [0.1, 0.15) is 17.3 Å². The molecule has 0 aliphatic heterocycles. The fourth-order valence-electron chi connectivity index (χ4n) is 3.83. The molecule has 0 spiro atoms. The summed E-state index contributed by atoms with van der Waals surface area (Å²) in [6.07, 6.45) is 9.94. The highest BCUT2D eigenvalue weighted by Crippen LogP contribution is 2.38. The summed E-state index contributed by atoms with van der Waals surface area (Å²) in [5.74, 6) is 2.25. The third kappa shape index (κ3) is 5.66. The van der Waals surface area contributed by atoms with Gasteiger partial charge in [-0.3, -0.25) is 19.7 Å². The Balaban J connectivity index is 1.28. The van der Waals surface area contributed by atoms with Crippen molar-refractivity contribution in [1.82, 2.24) is 20.3 Å². The number of thiophene rings is 1. The number of aromatic nitrogens is 3. The van der Waals surface area contributed by atoms with Gasteiger partial charge in [0.15, 0.2) is 0 Å². The summed E-state index contributed by atoms with van der Waals surface area (Å²) in [5, 5.41) is 3.40. The first-order valence-electron chi connectivity index (χ1n) is 11.9. The molecular formula is C27H28N4O2S. The molecule has 34 heavy (non-hydrogen) atoms. The molecule has 1 N–H and O–H groups in total. The van der Waals surface area contributed by atoms with E-state index in [2.05, 4.69) is 45.4 Å². The molecule has 0 saturated heterocycles. The third-order valence-electron chi connectivity index (χ3n) is 5.83. The highest BCUT2D eigenvalue weighted by Gasteiger charge is 2.24. The average Bonchev–Trinajstić information content (AvgIpc) is 3.55. The summed E-state index contributed by atoms with van der Waals surface area (Å²) in [7, 11) is 0. The van der Waals surface area contributed by atoms with Crippen LogP contribution in [0.5, 0.6) is 11.5 Å². The van der Waals surface area contributed by atoms with E-state index in [1.54, 1.807) is 23.7 Å². The molecule has 0 aromatic carbocycles. The van der Waals surface area contributed by atoms with Crippen molar-refractivity contribution < 1.29 is 9.53 Å². The van der Waals surface area contributed by atoms with Crippen molar-refractivity contribution in [3.8, 4) is 22.1 Å². The number of rotatable bonds is 11. The zero-order valence-electron chi connectivity index (χ0n) is 19.3. The number of carbonyl (C=O) groups is 1. The minimum Gasteiger partial charge on any atom is -0.454 e. The van der Waals surface area contributed by atoms with Crippen LogP contribution in [0, 0.1) is 5.92 Å². The number of hydrogen-bond acceptors (Lipinski definition) is 7. The number of carbonyl (C=O) groups excluding carboxylic acids is 1. The number of ether oxygens (including phenoxy) is 1. The van der Waals surface area contributed by atoms with Gasteiger partial charge in [0.05, 0.1) is 27.0 Å². The lowest BCUT2D eigenvalue weighted by atomic mass is 10.1. The Morgan fingerprint density at radius 1 is 1.12 bits per heavy atom. The Labute approximate surface area is 203 Å². The maximum Gasteiger partial charge on any atom is 0.148 e. The van der Waals surface area contributed by atoms with Gasteiger partial charge in [0, 0.05) is 43.5 Å². The van der Waals surface area contributed by atoms with E-state index >= 15 is 0 Å². The van der Waals surface area contributed by atoms with Crippen LogP contribution in [-0.2, 0) is 17.8 Å². The van der Waals surface area contributed by atoms with Crippen molar-refractivity contribution in [2.75, 3.05) is 6.54 Å². The van der Waals surface area contributed by atoms with Crippen molar-refractivity contribution in [2.45, 2.75) is 45.6 Å². The first-order valence-corrected chi connectivity index (χ1v) is 12.7. The molecule has 4 aromatic heterocycles. The minimum absolute atomic E-state index is 0.268. The predicted octanol–water partition coefficient (Wildman–Crippen LogP) is 5.96. The summed E-state index contributed by atoms with van der Waals surface area (Å²) < 4.78 is 7.11. The number of nitrogens with one attached hydrogen (secondary N) is 1. The molecule has 0 unspecified atom stereocenters. The molecule has 4 aromatic rings. The largest absolute Gasteiger partial charge is 0.454 e. The second-order valence-corrected chi connectivity index (χ2v) is 9.87. The van der Waals surface area contributed by atoms with Gasteiger partial charge in [0.25, 0.3) is 0 Å². The standard InChI is InChI=1S/C27H28N4O2S/c1-2-10-28-15-19-5-8-23(31-16-19)26-14-24-27(34-26)25(9-11-29-24)33-22-7-6-20(30-17-22)13-21(32)12-18-3-4-18/h5-9,11,14,16-18,28H,2-4,10,12-13,15H2,1H3. The maximum atomic E-state index is 12.1. The van der Waals surface area contributed by atoms with Crippen LogP contribution < -0.4 is 10.1 Å². The fraction of sp³-hybridized carbons (Fsp3) is 0.333. The fourth-order valence-corrected chi connectivity index (χ4v) is 4.87. The van der Waals surface area contributed by atoms with E-state index in [0.717, 1.165) is 51.7 Å². The van der Waals surface area contributed by atoms with E-state index in [9.17, 15) is 4.79 Å². The minimum atomic E-state index is 0.268. The highest BCUT2D eigenvalue weighted by atomic mass is 32.1. The Hall–Kier alpha value is -3.16. The van der Waals surface area contributed by atoms with Crippen LogP contribution in [0.25, 0.3) is 20.8 Å². The molecule has 4 heterocycles. The topological polar surface area (TPSA) is 77.0 Å². The number of nitrogens with zero attached hydrogens (tertiary/aromatic N) is 3. The molecule has 1 aliphatic carbocycles. The van der Waals surface area contributed by atoms with E-state index in [1.165, 1.54) is 18.4 Å². The van der Waals surface area contributed by atoms with Crippen molar-refractivity contribution in [3.05, 3.63) is 66.2 Å². The van der Waals surface area contributed by atoms with Gasteiger partial charge in [-0.25, -0.2) is 0 Å². The quantitative estimate of drug-likeness (QED) is 0.272. The van der Waals surface area contributed by atoms with Gasteiger partial charge < -0.3 is 10.1 Å². The van der Waals surface area contributed by atoms with E-state index in [0.29, 0.717) is 24.5 Å². The van der Waals surface area contributed by atoms with Crippen molar-refractivity contribution >= 4 is 27.3 Å². The first kappa shape index (κ1) is 22.6. The molecular weight excluding hydrogens is 444 g/mol. The summed E-state index contributed by atoms with van der Waals surface area (Å²) in [6.45, 7) is 3.99. The van der Waals surface area contributed by atoms with Crippen LogP contribution in [0.1, 0.15) is 43.9 Å². The van der Waals surface area contributed by atoms with Crippen LogP contribution in [0.3, 0.4) is 0 Å². The summed E-state index contributed by atoms with van der Waals surface area (Å²) >= 11 is 1.62. The average molecular weight is 473 g/mol. The van der Waals surface area contributed by atoms with Crippen molar-refractivity contribution in [1.29, 1.82) is 0 Å². The van der Waals surface area contributed by atoms with Crippen LogP contribution in [0.15, 0.2) is 55.0 Å². The van der Waals surface area contributed by atoms with Crippen LogP contribution in [-0.4, -0.2) is 27.3 Å². The van der Waals surface area contributed by atoms with E-state index in [-0.39, 0.29) is 5.78 Å². The Morgan fingerprint density at radius 2 is 2.03 bits per heavy atom. The predicted molar refractivity (Wildman–Crippen MR) is 135 cm³/mol. The van der Waals surface area contributed by atoms with Gasteiger partial charge in [-0.2, -0.15) is 0 Å². The van der Waals surface area contributed by atoms with Crippen LogP contribution in [0.2, 0.25) is 0 Å². The lowest BCUT2D eigenvalue weighted by molar-refractivity contribution is -0.118. The van der Waals surface area contributed by atoms with E-state index in [4.69, 9.17) is 4.74 Å². The SMILES string of the molecule is CCCNCc1ccc(-c2cc3nccc(Oc4ccc(CC(=O)CC5CC5)nc4)c3s2)nc1. The Kier molecular flexibility index (Phi) is 6.92. The second-order valence-electron chi connectivity index (χ2n) is 8.81. The molecule has 1 aliphatic rings. The number of Topliss-reactive ketones (excluding diaryl/α,β-unsaturated/α-hetero) is 1. The smallest absolute Gasteiger partial charge is 0.148 e. The Bertz CT molecular complexity index is 1260. The van der Waals surface area contributed by atoms with E-state index in [1.807, 2.05) is 24.4 Å². The lowest BCUT2D eigenvalue weighted by Gasteiger charge is -2.07. The number of fused-ring (bicyclic) bond motifs is 1. The summed E-state index contributed by atoms with van der Waals surface area (Å²) in [6, 6.07) is 11.8. The third-order valence-corrected chi connectivity index (χ3v) is 6.99. The number of pyridine rings is 3. The van der Waals surface area contributed by atoms with E-state index < -0.39 is 0 Å². The summed E-state index contributed by atoms with van der Waals surface area (Å²) in [5.41, 5.74) is 3.76. The normalized spacial score (nSPS) is 13.3. The van der Waals surface area contributed by atoms with Gasteiger partial charge in [-0.05, 0) is 61.6 Å². The summed E-state index contributed by atoms with van der Waals surface area (Å²) in [4.78, 5) is 26.8. The second kappa shape index (κ2) is 10.4. The molecule has 6 nitrogen and oxygen atoms in total. The zero-order chi connectivity index (χ0) is 23.3. The van der Waals surface area contributed by atoms with Gasteiger partial charge in [-0.15, -0.1) is 11.3 Å². The Morgan fingerprint density at radius 3 is 2.76 bits per heavy atom. The molecule has 0 atom stereocenters. The molecule has 0 radical (unpaired) electrons. The molecule has 7 heteroatoms.